The molecule has 0 fully saturated rings. The van der Waals surface area contributed by atoms with Crippen LogP contribution in [0.4, 0.5) is 22.7 Å². The lowest BCUT2D eigenvalue weighted by Crippen LogP contribution is -2.20. The van der Waals surface area contributed by atoms with Gasteiger partial charge in [-0.2, -0.15) is 5.10 Å². The van der Waals surface area contributed by atoms with Gasteiger partial charge in [-0.25, -0.2) is 0 Å². The summed E-state index contributed by atoms with van der Waals surface area (Å²) in [6, 6.07) is 23.9. The number of hydrazone groups is 1. The summed E-state index contributed by atoms with van der Waals surface area (Å²) in [5, 5.41) is 10.3. The zero-order valence-corrected chi connectivity index (χ0v) is 15.6. The zero-order valence-electron chi connectivity index (χ0n) is 14.1. The van der Waals surface area contributed by atoms with Crippen molar-refractivity contribution in [1.29, 1.82) is 0 Å². The van der Waals surface area contributed by atoms with E-state index in [1.165, 1.54) is 0 Å². The first-order valence-corrected chi connectivity index (χ1v) is 8.84. The monoisotopic (exact) mass is 398 g/mol. The molecule has 0 unspecified atom stereocenters. The number of halogens is 2. The fraction of sp³-hybridized carbons (Fsp3) is 0. The Hall–Kier alpha value is -3.02. The Balaban J connectivity index is 1.68. The van der Waals surface area contributed by atoms with E-state index in [1.807, 2.05) is 48.5 Å². The van der Waals surface area contributed by atoms with Gasteiger partial charge < -0.3 is 10.6 Å². The fourth-order valence-corrected chi connectivity index (χ4v) is 2.46. The van der Waals surface area contributed by atoms with Crippen molar-refractivity contribution in [3.05, 3.63) is 83.9 Å². The first kappa shape index (κ1) is 18.8. The number of carbonyl (C=O) groups is 1. The summed E-state index contributed by atoms with van der Waals surface area (Å²) in [5.41, 5.74) is 5.61. The topological polar surface area (TPSA) is 65.5 Å². The lowest BCUT2D eigenvalue weighted by molar-refractivity contribution is -0.110. The SMILES string of the molecule is O=C(Nc1ccccc1Nc1ccccc1)C(Cl)=NNc1ccc(Cl)cc1. The third kappa shape index (κ3) is 5.48. The summed E-state index contributed by atoms with van der Waals surface area (Å²) in [4.78, 5) is 12.3. The smallest absolute Gasteiger partial charge is 0.287 e. The van der Waals surface area contributed by atoms with E-state index in [9.17, 15) is 4.79 Å². The van der Waals surface area contributed by atoms with Crippen molar-refractivity contribution in [2.75, 3.05) is 16.1 Å². The van der Waals surface area contributed by atoms with Gasteiger partial charge in [-0.05, 0) is 48.5 Å². The lowest BCUT2D eigenvalue weighted by atomic mass is 10.2. The average Bonchev–Trinajstić information content (AvgIpc) is 2.69. The Kier molecular flexibility index (Phi) is 6.30. The highest BCUT2D eigenvalue weighted by Gasteiger charge is 2.11. The van der Waals surface area contributed by atoms with Crippen LogP contribution in [0.15, 0.2) is 84.0 Å². The highest BCUT2D eigenvalue weighted by Crippen LogP contribution is 2.25. The maximum atomic E-state index is 12.3. The van der Waals surface area contributed by atoms with Crippen LogP contribution in [-0.4, -0.2) is 11.1 Å². The van der Waals surface area contributed by atoms with Crippen LogP contribution >= 0.6 is 23.2 Å². The molecular formula is C20H16Cl2N4O. The van der Waals surface area contributed by atoms with Gasteiger partial charge >= 0.3 is 0 Å². The molecule has 0 aliphatic carbocycles. The van der Waals surface area contributed by atoms with E-state index in [4.69, 9.17) is 23.2 Å². The first-order chi connectivity index (χ1) is 13.1. The largest absolute Gasteiger partial charge is 0.354 e. The molecule has 3 N–H and O–H groups in total. The summed E-state index contributed by atoms with van der Waals surface area (Å²) in [6.45, 7) is 0. The predicted molar refractivity (Wildman–Crippen MR) is 113 cm³/mol. The van der Waals surface area contributed by atoms with E-state index in [1.54, 1.807) is 30.3 Å². The standard InChI is InChI=1S/C20H16Cl2N4O/c21-14-10-12-16(13-11-14)25-26-19(22)20(27)24-18-9-5-4-8-17(18)23-15-6-2-1-3-7-15/h1-13,23,25H,(H,24,27). The van der Waals surface area contributed by atoms with E-state index >= 15 is 0 Å². The quantitative estimate of drug-likeness (QED) is 0.369. The highest BCUT2D eigenvalue weighted by molar-refractivity contribution is 6.84. The number of anilines is 4. The van der Waals surface area contributed by atoms with Gasteiger partial charge in [0.15, 0.2) is 0 Å². The van der Waals surface area contributed by atoms with Crippen molar-refractivity contribution in [2.45, 2.75) is 0 Å². The van der Waals surface area contributed by atoms with Crippen molar-refractivity contribution in [3.63, 3.8) is 0 Å². The van der Waals surface area contributed by atoms with Gasteiger partial charge in [0.2, 0.25) is 5.17 Å². The molecule has 3 rings (SSSR count). The Bertz CT molecular complexity index is 944. The minimum Gasteiger partial charge on any atom is -0.354 e. The molecule has 0 atom stereocenters. The molecule has 0 spiro atoms. The molecule has 5 nitrogen and oxygen atoms in total. The second-order valence-electron chi connectivity index (χ2n) is 5.51. The third-order valence-corrected chi connectivity index (χ3v) is 4.05. The summed E-state index contributed by atoms with van der Waals surface area (Å²) >= 11 is 11.8. The number of hydrogen-bond acceptors (Lipinski definition) is 4. The van der Waals surface area contributed by atoms with Gasteiger partial charge in [-0.1, -0.05) is 53.5 Å². The lowest BCUT2D eigenvalue weighted by Gasteiger charge is -2.12. The average molecular weight is 399 g/mol. The Labute approximate surface area is 167 Å². The normalized spacial score (nSPS) is 11.0. The molecule has 0 saturated carbocycles. The number of carbonyl (C=O) groups excluding carboxylic acids is 1. The minimum absolute atomic E-state index is 0.223. The molecule has 1 amide bonds. The Morgan fingerprint density at radius 1 is 0.778 bits per heavy atom. The van der Waals surface area contributed by atoms with Crippen LogP contribution < -0.4 is 16.1 Å². The molecule has 3 aromatic carbocycles. The number of hydrogen-bond donors (Lipinski definition) is 3. The maximum absolute atomic E-state index is 12.3. The van der Waals surface area contributed by atoms with E-state index in [-0.39, 0.29) is 5.17 Å². The summed E-state index contributed by atoms with van der Waals surface area (Å²) in [5.74, 6) is -0.527. The summed E-state index contributed by atoms with van der Waals surface area (Å²) < 4.78 is 0. The van der Waals surface area contributed by atoms with Crippen molar-refractivity contribution < 1.29 is 4.79 Å². The summed E-state index contributed by atoms with van der Waals surface area (Å²) in [7, 11) is 0. The van der Waals surface area contributed by atoms with Crippen LogP contribution in [0.3, 0.4) is 0 Å². The van der Waals surface area contributed by atoms with Gasteiger partial charge in [0.1, 0.15) is 0 Å². The molecule has 0 heterocycles. The third-order valence-electron chi connectivity index (χ3n) is 3.54. The van der Waals surface area contributed by atoms with Crippen molar-refractivity contribution in [3.8, 4) is 0 Å². The highest BCUT2D eigenvalue weighted by atomic mass is 35.5. The van der Waals surface area contributed by atoms with Crippen LogP contribution in [-0.2, 0) is 4.79 Å². The molecule has 0 saturated heterocycles. The molecule has 0 bridgehead atoms. The van der Waals surface area contributed by atoms with Gasteiger partial charge in [0.05, 0.1) is 17.1 Å². The van der Waals surface area contributed by atoms with Gasteiger partial charge in [0.25, 0.3) is 5.91 Å². The van der Waals surface area contributed by atoms with Crippen LogP contribution in [0, 0.1) is 0 Å². The number of benzene rings is 3. The molecule has 7 heteroatoms. The number of amides is 1. The molecule has 0 radical (unpaired) electrons. The van der Waals surface area contributed by atoms with Crippen molar-refractivity contribution in [2.24, 2.45) is 5.10 Å². The van der Waals surface area contributed by atoms with Gasteiger partial charge in [-0.3, -0.25) is 10.2 Å². The minimum atomic E-state index is -0.527. The maximum Gasteiger partial charge on any atom is 0.287 e. The molecule has 0 aliphatic rings. The molecule has 0 aromatic heterocycles. The predicted octanol–water partition coefficient (Wildman–Crippen LogP) is 5.69. The Morgan fingerprint density at radius 3 is 2.11 bits per heavy atom. The molecule has 27 heavy (non-hydrogen) atoms. The number of nitrogens with one attached hydrogen (secondary N) is 3. The van der Waals surface area contributed by atoms with Crippen molar-refractivity contribution in [1.82, 2.24) is 0 Å². The van der Waals surface area contributed by atoms with Crippen LogP contribution in [0.25, 0.3) is 0 Å². The van der Waals surface area contributed by atoms with Crippen LogP contribution in [0.2, 0.25) is 5.02 Å². The zero-order chi connectivity index (χ0) is 19.1. The molecule has 0 aliphatic heterocycles. The van der Waals surface area contributed by atoms with Gasteiger partial charge in [0, 0.05) is 10.7 Å². The van der Waals surface area contributed by atoms with Gasteiger partial charge in [-0.15, -0.1) is 0 Å². The molecule has 136 valence electrons. The van der Waals surface area contributed by atoms with E-state index in [0.717, 1.165) is 11.4 Å². The second-order valence-corrected chi connectivity index (χ2v) is 6.31. The van der Waals surface area contributed by atoms with Crippen molar-refractivity contribution >= 4 is 57.0 Å². The molecule has 3 aromatic rings. The Morgan fingerprint density at radius 2 is 1.41 bits per heavy atom. The second kappa shape index (κ2) is 9.07. The first-order valence-electron chi connectivity index (χ1n) is 8.09. The molecular weight excluding hydrogens is 383 g/mol. The number of para-hydroxylation sites is 3. The van der Waals surface area contributed by atoms with E-state index in [0.29, 0.717) is 16.4 Å². The number of rotatable bonds is 6. The van der Waals surface area contributed by atoms with Crippen LogP contribution in [0.5, 0.6) is 0 Å². The van der Waals surface area contributed by atoms with E-state index in [2.05, 4.69) is 21.2 Å². The van der Waals surface area contributed by atoms with Crippen LogP contribution in [0.1, 0.15) is 0 Å². The fourth-order valence-electron chi connectivity index (χ4n) is 2.24. The summed E-state index contributed by atoms with van der Waals surface area (Å²) in [6.07, 6.45) is 0. The van der Waals surface area contributed by atoms with E-state index < -0.39 is 5.91 Å². The number of nitrogens with zero attached hydrogens (tertiary/aromatic N) is 1.